The number of nitrogens with zero attached hydrogens (tertiary/aromatic N) is 1. The Hall–Kier alpha value is -2.28. The second kappa shape index (κ2) is 8.17. The molecule has 0 radical (unpaired) electrons. The van der Waals surface area contributed by atoms with Gasteiger partial charge in [-0.2, -0.15) is 5.10 Å². The molecule has 0 spiro atoms. The van der Waals surface area contributed by atoms with Crippen molar-refractivity contribution in [3.63, 3.8) is 0 Å². The van der Waals surface area contributed by atoms with Crippen LogP contribution in [-0.4, -0.2) is 26.3 Å². The number of hydrogen-bond acceptors (Lipinski definition) is 5. The molecule has 0 bridgehead atoms. The van der Waals surface area contributed by atoms with Crippen LogP contribution < -0.4 is 14.9 Å². The van der Waals surface area contributed by atoms with Crippen LogP contribution in [0.15, 0.2) is 35.4 Å². The lowest BCUT2D eigenvalue weighted by molar-refractivity contribution is 0.0959. The Labute approximate surface area is 170 Å². The molecule has 0 unspecified atom stereocenters. The van der Waals surface area contributed by atoms with Crippen molar-refractivity contribution < 1.29 is 14.3 Å². The van der Waals surface area contributed by atoms with Crippen molar-refractivity contribution in [2.75, 3.05) is 14.2 Å². The van der Waals surface area contributed by atoms with E-state index < -0.39 is 5.91 Å². The number of carbonyl (C=O) groups is 1. The summed E-state index contributed by atoms with van der Waals surface area (Å²) < 4.78 is 11.2. The molecule has 1 aromatic heterocycles. The predicted octanol–water partition coefficient (Wildman–Crippen LogP) is 5.30. The van der Waals surface area contributed by atoms with Gasteiger partial charge in [-0.3, -0.25) is 4.79 Å². The van der Waals surface area contributed by atoms with Crippen molar-refractivity contribution in [1.82, 2.24) is 5.43 Å². The van der Waals surface area contributed by atoms with Crippen molar-refractivity contribution in [1.29, 1.82) is 0 Å². The highest BCUT2D eigenvalue weighted by atomic mass is 35.5. The summed E-state index contributed by atoms with van der Waals surface area (Å²) >= 11 is 13.9. The number of fused-ring (bicyclic) bond motifs is 1. The molecule has 2 aromatic carbocycles. The summed E-state index contributed by atoms with van der Waals surface area (Å²) in [5.74, 6) is 0.870. The van der Waals surface area contributed by atoms with Gasteiger partial charge in [0.25, 0.3) is 5.91 Å². The van der Waals surface area contributed by atoms with Gasteiger partial charge < -0.3 is 9.47 Å². The molecule has 3 rings (SSSR count). The average molecular weight is 423 g/mol. The first-order valence-corrected chi connectivity index (χ1v) is 9.46. The van der Waals surface area contributed by atoms with Crippen LogP contribution in [0.3, 0.4) is 0 Å². The first-order valence-electron chi connectivity index (χ1n) is 7.89. The zero-order chi connectivity index (χ0) is 19.6. The SMILES string of the molecule is COc1cccc(/C=N/NC(=O)c2sc3c(Cl)c(OC)ccc3c2Cl)c1C. The maximum absolute atomic E-state index is 12.5. The zero-order valence-corrected chi connectivity index (χ0v) is 17.1. The monoisotopic (exact) mass is 422 g/mol. The van der Waals surface area contributed by atoms with E-state index in [1.54, 1.807) is 25.5 Å². The maximum atomic E-state index is 12.5. The van der Waals surface area contributed by atoms with Gasteiger partial charge >= 0.3 is 0 Å². The molecule has 0 aliphatic carbocycles. The Balaban J connectivity index is 1.85. The molecule has 8 heteroatoms. The largest absolute Gasteiger partial charge is 0.496 e. The van der Waals surface area contributed by atoms with Crippen molar-refractivity contribution in [2.45, 2.75) is 6.92 Å². The van der Waals surface area contributed by atoms with Crippen molar-refractivity contribution in [2.24, 2.45) is 5.10 Å². The van der Waals surface area contributed by atoms with Crippen LogP contribution in [0.4, 0.5) is 0 Å². The van der Waals surface area contributed by atoms with Gasteiger partial charge in [0.05, 0.1) is 30.2 Å². The average Bonchev–Trinajstić information content (AvgIpc) is 3.01. The summed E-state index contributed by atoms with van der Waals surface area (Å²) in [6.45, 7) is 1.92. The van der Waals surface area contributed by atoms with Crippen LogP contribution in [0.2, 0.25) is 10.0 Å². The number of carbonyl (C=O) groups excluding carboxylic acids is 1. The number of hydrazone groups is 1. The Kier molecular flexibility index (Phi) is 5.89. The zero-order valence-electron chi connectivity index (χ0n) is 14.8. The minimum atomic E-state index is -0.409. The third-order valence-electron chi connectivity index (χ3n) is 4.04. The van der Waals surface area contributed by atoms with Gasteiger partial charge in [0, 0.05) is 10.9 Å². The third-order valence-corrected chi connectivity index (χ3v) is 6.26. The molecule has 140 valence electrons. The van der Waals surface area contributed by atoms with E-state index in [4.69, 9.17) is 32.7 Å². The molecule has 0 aliphatic heterocycles. The molecular formula is C19H16Cl2N2O3S. The molecule has 0 fully saturated rings. The molecule has 5 nitrogen and oxygen atoms in total. The summed E-state index contributed by atoms with van der Waals surface area (Å²) in [6.07, 6.45) is 1.56. The Morgan fingerprint density at radius 2 is 1.85 bits per heavy atom. The lowest BCUT2D eigenvalue weighted by Gasteiger charge is -2.06. The second-order valence-electron chi connectivity index (χ2n) is 5.58. The van der Waals surface area contributed by atoms with E-state index in [2.05, 4.69) is 10.5 Å². The molecule has 0 saturated heterocycles. The third kappa shape index (κ3) is 3.74. The van der Waals surface area contributed by atoms with E-state index in [0.717, 1.165) is 16.9 Å². The highest BCUT2D eigenvalue weighted by molar-refractivity contribution is 7.22. The van der Waals surface area contributed by atoms with E-state index in [-0.39, 0.29) is 0 Å². The van der Waals surface area contributed by atoms with Gasteiger partial charge in [-0.15, -0.1) is 11.3 Å². The normalized spacial score (nSPS) is 11.1. The minimum absolute atomic E-state index is 0.335. The van der Waals surface area contributed by atoms with E-state index in [1.165, 1.54) is 18.4 Å². The van der Waals surface area contributed by atoms with Gasteiger partial charge in [0.15, 0.2) is 0 Å². The number of methoxy groups -OCH3 is 2. The van der Waals surface area contributed by atoms with E-state index in [0.29, 0.717) is 30.8 Å². The molecular weight excluding hydrogens is 407 g/mol. The molecule has 3 aromatic rings. The summed E-state index contributed by atoms with van der Waals surface area (Å²) in [5.41, 5.74) is 4.27. The highest BCUT2D eigenvalue weighted by Gasteiger charge is 2.20. The maximum Gasteiger partial charge on any atom is 0.283 e. The van der Waals surface area contributed by atoms with Crippen molar-refractivity contribution in [3.05, 3.63) is 56.4 Å². The topological polar surface area (TPSA) is 59.9 Å². The van der Waals surface area contributed by atoms with Gasteiger partial charge in [0.1, 0.15) is 21.4 Å². The van der Waals surface area contributed by atoms with E-state index in [1.807, 2.05) is 25.1 Å². The second-order valence-corrected chi connectivity index (χ2v) is 7.35. The number of nitrogens with one attached hydrogen (secondary N) is 1. The summed E-state index contributed by atoms with van der Waals surface area (Å²) in [6, 6.07) is 9.09. The predicted molar refractivity (Wildman–Crippen MR) is 111 cm³/mol. The number of hydrogen-bond donors (Lipinski definition) is 1. The quantitative estimate of drug-likeness (QED) is 0.448. The van der Waals surface area contributed by atoms with E-state index in [9.17, 15) is 4.79 Å². The molecule has 1 amide bonds. The summed E-state index contributed by atoms with van der Waals surface area (Å²) in [5, 5.41) is 5.50. The van der Waals surface area contributed by atoms with Crippen LogP contribution in [0.25, 0.3) is 10.1 Å². The smallest absolute Gasteiger partial charge is 0.283 e. The van der Waals surface area contributed by atoms with Crippen LogP contribution in [0, 0.1) is 6.92 Å². The van der Waals surface area contributed by atoms with E-state index >= 15 is 0 Å². The number of rotatable bonds is 5. The lowest BCUT2D eigenvalue weighted by atomic mass is 10.1. The van der Waals surface area contributed by atoms with Crippen LogP contribution in [0.5, 0.6) is 11.5 Å². The number of amides is 1. The number of thiophene rings is 1. The fraction of sp³-hybridized carbons (Fsp3) is 0.158. The molecule has 0 saturated carbocycles. The molecule has 0 aliphatic rings. The highest BCUT2D eigenvalue weighted by Crippen LogP contribution is 2.42. The van der Waals surface area contributed by atoms with Crippen LogP contribution in [0.1, 0.15) is 20.8 Å². The van der Waals surface area contributed by atoms with Gasteiger partial charge in [-0.05, 0) is 30.7 Å². The fourth-order valence-electron chi connectivity index (χ4n) is 2.59. The lowest BCUT2D eigenvalue weighted by Crippen LogP contribution is -2.16. The number of benzene rings is 2. The van der Waals surface area contributed by atoms with Gasteiger partial charge in [-0.25, -0.2) is 5.43 Å². The van der Waals surface area contributed by atoms with Crippen LogP contribution >= 0.6 is 34.5 Å². The molecule has 27 heavy (non-hydrogen) atoms. The first-order chi connectivity index (χ1) is 13.0. The Morgan fingerprint density at radius 3 is 2.56 bits per heavy atom. The van der Waals surface area contributed by atoms with Crippen LogP contribution in [-0.2, 0) is 0 Å². The fourth-order valence-corrected chi connectivity index (χ4v) is 4.37. The standard InChI is InChI=1S/C19H16Cl2N2O3S/c1-10-11(5-4-6-13(10)25-2)9-22-23-19(24)18-15(20)12-7-8-14(26-3)16(21)17(12)27-18/h4-9H,1-3H3,(H,23,24)/b22-9+. The van der Waals surface area contributed by atoms with Gasteiger partial charge in [-0.1, -0.05) is 35.3 Å². The van der Waals surface area contributed by atoms with Gasteiger partial charge in [0.2, 0.25) is 0 Å². The Morgan fingerprint density at radius 1 is 1.11 bits per heavy atom. The minimum Gasteiger partial charge on any atom is -0.496 e. The summed E-state index contributed by atoms with van der Waals surface area (Å²) in [4.78, 5) is 12.8. The van der Waals surface area contributed by atoms with Crippen molar-refractivity contribution in [3.8, 4) is 11.5 Å². The summed E-state index contributed by atoms with van der Waals surface area (Å²) in [7, 11) is 3.14. The Bertz CT molecular complexity index is 1050. The molecule has 0 atom stereocenters. The number of halogens is 2. The van der Waals surface area contributed by atoms with Crippen molar-refractivity contribution >= 4 is 56.7 Å². The first kappa shape index (κ1) is 19.5. The molecule has 1 N–H and O–H groups in total. The number of ether oxygens (including phenoxy) is 2. The molecule has 1 heterocycles.